The van der Waals surface area contributed by atoms with Crippen molar-refractivity contribution in [2.24, 2.45) is 0 Å². The summed E-state index contributed by atoms with van der Waals surface area (Å²) < 4.78 is 0. The van der Waals surface area contributed by atoms with E-state index in [1.165, 1.54) is 0 Å². The third-order valence-electron chi connectivity index (χ3n) is 1.18. The number of nitrogens with zero attached hydrogens (tertiary/aromatic N) is 1. The Morgan fingerprint density at radius 3 is 2.67 bits per heavy atom. The number of pyridine rings is 1. The SMILES string of the molecule is Cc1c[c]nc(C)c1Cl. The summed E-state index contributed by atoms with van der Waals surface area (Å²) in [6, 6.07) is 1.77. The van der Waals surface area contributed by atoms with Crippen LogP contribution in [0.3, 0.4) is 0 Å². The first-order chi connectivity index (χ1) is 4.22. The summed E-state index contributed by atoms with van der Waals surface area (Å²) in [5.41, 5.74) is 1.88. The van der Waals surface area contributed by atoms with E-state index >= 15 is 0 Å². The molecule has 0 fully saturated rings. The molecule has 0 aliphatic carbocycles. The molecule has 0 saturated heterocycles. The lowest BCUT2D eigenvalue weighted by Gasteiger charge is -1.96. The van der Waals surface area contributed by atoms with Crippen LogP contribution >= 0.6 is 11.6 Å². The Morgan fingerprint density at radius 2 is 2.22 bits per heavy atom. The van der Waals surface area contributed by atoms with Crippen molar-refractivity contribution in [2.75, 3.05) is 0 Å². The number of hydrogen-bond acceptors (Lipinski definition) is 1. The fourth-order valence-corrected chi connectivity index (χ4v) is 0.721. The predicted molar refractivity (Wildman–Crippen MR) is 37.6 cm³/mol. The van der Waals surface area contributed by atoms with E-state index in [0.29, 0.717) is 0 Å². The van der Waals surface area contributed by atoms with E-state index in [9.17, 15) is 0 Å². The molecule has 0 atom stereocenters. The molecule has 0 spiro atoms. The highest BCUT2D eigenvalue weighted by Crippen LogP contribution is 2.15. The zero-order chi connectivity index (χ0) is 6.85. The highest BCUT2D eigenvalue weighted by atomic mass is 35.5. The van der Waals surface area contributed by atoms with Gasteiger partial charge in [0.1, 0.15) is 0 Å². The van der Waals surface area contributed by atoms with Gasteiger partial charge in [0.15, 0.2) is 0 Å². The second-order valence-corrected chi connectivity index (χ2v) is 2.35. The quantitative estimate of drug-likeness (QED) is 0.538. The van der Waals surface area contributed by atoms with Gasteiger partial charge in [-0.05, 0) is 25.5 Å². The Labute approximate surface area is 59.7 Å². The average molecular weight is 141 g/mol. The summed E-state index contributed by atoms with van der Waals surface area (Å²) in [7, 11) is 0. The van der Waals surface area contributed by atoms with Crippen molar-refractivity contribution in [3.05, 3.63) is 28.5 Å². The summed E-state index contributed by atoms with van der Waals surface area (Å²) in [4.78, 5) is 3.88. The van der Waals surface area contributed by atoms with Gasteiger partial charge in [-0.25, -0.2) is 4.98 Å². The first-order valence-corrected chi connectivity index (χ1v) is 3.09. The molecule has 47 valence electrons. The number of halogens is 1. The van der Waals surface area contributed by atoms with Crippen LogP contribution in [-0.4, -0.2) is 4.98 Å². The molecule has 1 aromatic heterocycles. The minimum Gasteiger partial charge on any atom is -0.250 e. The van der Waals surface area contributed by atoms with Gasteiger partial charge in [-0.15, -0.1) is 0 Å². The van der Waals surface area contributed by atoms with Crippen molar-refractivity contribution in [3.8, 4) is 0 Å². The van der Waals surface area contributed by atoms with Crippen LogP contribution in [0.25, 0.3) is 0 Å². The third-order valence-corrected chi connectivity index (χ3v) is 1.75. The number of aryl methyl sites for hydroxylation is 2. The number of aromatic nitrogens is 1. The molecule has 1 heterocycles. The van der Waals surface area contributed by atoms with E-state index in [-0.39, 0.29) is 0 Å². The van der Waals surface area contributed by atoms with Crippen LogP contribution < -0.4 is 0 Å². The van der Waals surface area contributed by atoms with Crippen LogP contribution in [0.15, 0.2) is 6.07 Å². The summed E-state index contributed by atoms with van der Waals surface area (Å²) in [6.45, 7) is 3.80. The van der Waals surface area contributed by atoms with E-state index in [1.807, 2.05) is 13.8 Å². The van der Waals surface area contributed by atoms with Crippen molar-refractivity contribution in [2.45, 2.75) is 13.8 Å². The molecule has 9 heavy (non-hydrogen) atoms. The van der Waals surface area contributed by atoms with Gasteiger partial charge >= 0.3 is 0 Å². The molecule has 1 rings (SSSR count). The maximum Gasteiger partial charge on any atom is 0.0893 e. The van der Waals surface area contributed by atoms with Gasteiger partial charge in [0.05, 0.1) is 16.9 Å². The Hall–Kier alpha value is -0.560. The summed E-state index contributed by atoms with van der Waals surface area (Å²) in [5, 5.41) is 0.744. The second kappa shape index (κ2) is 2.36. The van der Waals surface area contributed by atoms with Gasteiger partial charge in [-0.1, -0.05) is 11.6 Å². The molecule has 0 aromatic carbocycles. The molecule has 1 aromatic rings. The molecule has 0 amide bonds. The minimum absolute atomic E-state index is 0.744. The molecule has 2 heteroatoms. The fraction of sp³-hybridized carbons (Fsp3) is 0.286. The number of hydrogen-bond donors (Lipinski definition) is 0. The monoisotopic (exact) mass is 140 g/mol. The van der Waals surface area contributed by atoms with Gasteiger partial charge < -0.3 is 0 Å². The van der Waals surface area contributed by atoms with E-state index < -0.39 is 0 Å². The lowest BCUT2D eigenvalue weighted by atomic mass is 10.2. The summed E-state index contributed by atoms with van der Waals surface area (Å²) >= 11 is 5.80. The molecule has 0 saturated carbocycles. The highest BCUT2D eigenvalue weighted by molar-refractivity contribution is 6.31. The topological polar surface area (TPSA) is 12.9 Å². The predicted octanol–water partition coefficient (Wildman–Crippen LogP) is 2.15. The second-order valence-electron chi connectivity index (χ2n) is 1.97. The fourth-order valence-electron chi connectivity index (χ4n) is 0.624. The van der Waals surface area contributed by atoms with Crippen molar-refractivity contribution >= 4 is 11.6 Å². The zero-order valence-corrected chi connectivity index (χ0v) is 6.16. The summed E-state index contributed by atoms with van der Waals surface area (Å²) in [5.74, 6) is 0. The first-order valence-electron chi connectivity index (χ1n) is 2.71. The lowest BCUT2D eigenvalue weighted by Crippen LogP contribution is -1.83. The van der Waals surface area contributed by atoms with Gasteiger partial charge in [0.2, 0.25) is 0 Å². The molecular weight excluding hydrogens is 134 g/mol. The van der Waals surface area contributed by atoms with E-state index in [1.54, 1.807) is 6.07 Å². The van der Waals surface area contributed by atoms with E-state index in [0.717, 1.165) is 16.3 Å². The third kappa shape index (κ3) is 1.22. The standard InChI is InChI=1S/C7H7ClN/c1-5-3-4-9-6(2)7(5)8/h3H,1-2H3. The Kier molecular flexibility index (Phi) is 1.72. The molecule has 0 N–H and O–H groups in total. The van der Waals surface area contributed by atoms with E-state index in [4.69, 9.17) is 11.6 Å². The normalized spacial score (nSPS) is 9.67. The zero-order valence-electron chi connectivity index (χ0n) is 5.40. The van der Waals surface area contributed by atoms with Crippen molar-refractivity contribution in [1.29, 1.82) is 0 Å². The van der Waals surface area contributed by atoms with Gasteiger partial charge in [-0.3, -0.25) is 0 Å². The molecule has 0 aliphatic heterocycles. The molecular formula is C7H7ClN. The average Bonchev–Trinajstić information content (AvgIpc) is 1.83. The van der Waals surface area contributed by atoms with Crippen LogP contribution in [0.1, 0.15) is 11.3 Å². The van der Waals surface area contributed by atoms with Gasteiger partial charge in [0, 0.05) is 0 Å². The maximum absolute atomic E-state index is 5.80. The first kappa shape index (κ1) is 6.56. The molecule has 1 nitrogen and oxygen atoms in total. The molecule has 0 aliphatic rings. The maximum atomic E-state index is 5.80. The van der Waals surface area contributed by atoms with Gasteiger partial charge in [-0.2, -0.15) is 0 Å². The Morgan fingerprint density at radius 1 is 1.56 bits per heavy atom. The van der Waals surface area contributed by atoms with Crippen LogP contribution in [-0.2, 0) is 0 Å². The van der Waals surface area contributed by atoms with E-state index in [2.05, 4.69) is 11.2 Å². The molecule has 0 unspecified atom stereocenters. The van der Waals surface area contributed by atoms with Crippen molar-refractivity contribution < 1.29 is 0 Å². The minimum atomic E-state index is 0.744. The largest absolute Gasteiger partial charge is 0.250 e. The van der Waals surface area contributed by atoms with Crippen LogP contribution in [0, 0.1) is 20.0 Å². The highest BCUT2D eigenvalue weighted by Gasteiger charge is 1.96. The van der Waals surface area contributed by atoms with Crippen molar-refractivity contribution in [1.82, 2.24) is 4.98 Å². The van der Waals surface area contributed by atoms with Crippen molar-refractivity contribution in [3.63, 3.8) is 0 Å². The molecule has 0 bridgehead atoms. The Balaban J connectivity index is 3.25. The Bertz CT molecular complexity index is 200. The summed E-state index contributed by atoms with van der Waals surface area (Å²) in [6.07, 6.45) is 2.74. The lowest BCUT2D eigenvalue weighted by molar-refractivity contribution is 1.17. The van der Waals surface area contributed by atoms with Gasteiger partial charge in [0.25, 0.3) is 0 Å². The molecule has 1 radical (unpaired) electrons. The van der Waals surface area contributed by atoms with Crippen LogP contribution in [0.5, 0.6) is 0 Å². The number of rotatable bonds is 0. The van der Waals surface area contributed by atoms with Crippen LogP contribution in [0.2, 0.25) is 5.02 Å². The van der Waals surface area contributed by atoms with Crippen LogP contribution in [0.4, 0.5) is 0 Å². The smallest absolute Gasteiger partial charge is 0.0893 e.